The summed E-state index contributed by atoms with van der Waals surface area (Å²) in [7, 11) is 0. The molecule has 0 aliphatic rings. The van der Waals surface area contributed by atoms with Gasteiger partial charge in [0.05, 0.1) is 16.2 Å². The lowest BCUT2D eigenvalue weighted by molar-refractivity contribution is -0.384. The van der Waals surface area contributed by atoms with E-state index in [4.69, 9.17) is 16.9 Å². The topological polar surface area (TPSA) is 88.2 Å². The van der Waals surface area contributed by atoms with Gasteiger partial charge in [0.1, 0.15) is 11.8 Å². The van der Waals surface area contributed by atoms with Crippen LogP contribution in [-0.2, 0) is 6.54 Å². The summed E-state index contributed by atoms with van der Waals surface area (Å²) in [6.07, 6.45) is 0. The molecule has 9 heteroatoms. The SMILES string of the molecule is N#Cc1cc([N+](=O)[O-])ccc1NCc1cc(Cl)ccc1OC(F)F. The van der Waals surface area contributed by atoms with Crippen molar-refractivity contribution in [1.29, 1.82) is 5.26 Å². The highest BCUT2D eigenvalue weighted by Gasteiger charge is 2.13. The number of nitro groups is 1. The summed E-state index contributed by atoms with van der Waals surface area (Å²) in [4.78, 5) is 10.1. The molecule has 0 saturated heterocycles. The van der Waals surface area contributed by atoms with E-state index in [0.29, 0.717) is 16.3 Å². The van der Waals surface area contributed by atoms with E-state index >= 15 is 0 Å². The quantitative estimate of drug-likeness (QED) is 0.616. The lowest BCUT2D eigenvalue weighted by atomic mass is 10.1. The molecule has 0 atom stereocenters. The summed E-state index contributed by atoms with van der Waals surface area (Å²) in [5.74, 6) is -0.0534. The molecule has 0 unspecified atom stereocenters. The number of anilines is 1. The highest BCUT2D eigenvalue weighted by atomic mass is 35.5. The van der Waals surface area contributed by atoms with Crippen molar-refractivity contribution in [3.8, 4) is 11.8 Å². The Bertz CT molecular complexity index is 809. The molecule has 0 heterocycles. The molecule has 124 valence electrons. The maximum atomic E-state index is 12.4. The monoisotopic (exact) mass is 353 g/mol. The summed E-state index contributed by atoms with van der Waals surface area (Å²) < 4.78 is 29.3. The number of alkyl halides is 2. The Morgan fingerprint density at radius 1 is 1.33 bits per heavy atom. The van der Waals surface area contributed by atoms with Gasteiger partial charge in [-0.15, -0.1) is 0 Å². The number of hydrogen-bond acceptors (Lipinski definition) is 5. The second-order valence-corrected chi connectivity index (χ2v) is 5.02. The Balaban J connectivity index is 2.24. The van der Waals surface area contributed by atoms with Crippen LogP contribution >= 0.6 is 11.6 Å². The van der Waals surface area contributed by atoms with Crippen LogP contribution in [0.2, 0.25) is 5.02 Å². The van der Waals surface area contributed by atoms with E-state index in [9.17, 15) is 18.9 Å². The third-order valence-electron chi connectivity index (χ3n) is 3.04. The van der Waals surface area contributed by atoms with E-state index < -0.39 is 11.5 Å². The number of hydrogen-bond donors (Lipinski definition) is 1. The normalized spacial score (nSPS) is 10.3. The number of halogens is 3. The van der Waals surface area contributed by atoms with Gasteiger partial charge in [0.2, 0.25) is 0 Å². The van der Waals surface area contributed by atoms with Crippen LogP contribution in [0, 0.1) is 21.4 Å². The molecule has 0 spiro atoms. The molecule has 6 nitrogen and oxygen atoms in total. The number of rotatable bonds is 6. The Morgan fingerprint density at radius 2 is 2.08 bits per heavy atom. The molecule has 0 aliphatic heterocycles. The maximum absolute atomic E-state index is 12.4. The lowest BCUT2D eigenvalue weighted by Crippen LogP contribution is -2.08. The Kier molecular flexibility index (Phi) is 5.50. The van der Waals surface area contributed by atoms with Crippen molar-refractivity contribution < 1.29 is 18.4 Å². The molecule has 0 radical (unpaired) electrons. The number of nitrogens with zero attached hydrogens (tertiary/aromatic N) is 2. The van der Waals surface area contributed by atoms with Crippen molar-refractivity contribution >= 4 is 23.0 Å². The van der Waals surface area contributed by atoms with Gasteiger partial charge in [-0.25, -0.2) is 0 Å². The van der Waals surface area contributed by atoms with Gasteiger partial charge in [-0.05, 0) is 24.3 Å². The minimum Gasteiger partial charge on any atom is -0.434 e. The van der Waals surface area contributed by atoms with Crippen LogP contribution in [0.3, 0.4) is 0 Å². The number of nitro benzene ring substituents is 1. The predicted molar refractivity (Wildman–Crippen MR) is 83.2 cm³/mol. The van der Waals surface area contributed by atoms with Crippen LogP contribution in [0.1, 0.15) is 11.1 Å². The Morgan fingerprint density at radius 3 is 2.71 bits per heavy atom. The van der Waals surface area contributed by atoms with Gasteiger partial charge in [0.25, 0.3) is 5.69 Å². The molecule has 0 saturated carbocycles. The van der Waals surface area contributed by atoms with Crippen LogP contribution in [0.4, 0.5) is 20.2 Å². The van der Waals surface area contributed by atoms with Crippen molar-refractivity contribution in [3.05, 3.63) is 62.7 Å². The molecule has 2 aromatic carbocycles. The summed E-state index contributed by atoms with van der Waals surface area (Å²) in [6, 6.07) is 9.74. The minimum atomic E-state index is -2.99. The fraction of sp³-hybridized carbons (Fsp3) is 0.133. The first-order chi connectivity index (χ1) is 11.4. The number of non-ortho nitro benzene ring substituents is 1. The van der Waals surface area contributed by atoms with E-state index in [1.165, 1.54) is 30.3 Å². The highest BCUT2D eigenvalue weighted by molar-refractivity contribution is 6.30. The molecule has 1 N–H and O–H groups in total. The first kappa shape index (κ1) is 17.4. The van der Waals surface area contributed by atoms with E-state index in [-0.39, 0.29) is 23.5 Å². The fourth-order valence-electron chi connectivity index (χ4n) is 1.98. The van der Waals surface area contributed by atoms with E-state index in [2.05, 4.69) is 10.1 Å². The zero-order valence-corrected chi connectivity index (χ0v) is 12.8. The average molecular weight is 354 g/mol. The lowest BCUT2D eigenvalue weighted by Gasteiger charge is -2.13. The maximum Gasteiger partial charge on any atom is 0.387 e. The van der Waals surface area contributed by atoms with Gasteiger partial charge in [-0.3, -0.25) is 10.1 Å². The van der Waals surface area contributed by atoms with Crippen molar-refractivity contribution in [2.45, 2.75) is 13.2 Å². The molecule has 0 aromatic heterocycles. The van der Waals surface area contributed by atoms with Crippen molar-refractivity contribution in [2.24, 2.45) is 0 Å². The van der Waals surface area contributed by atoms with Gasteiger partial charge in [-0.1, -0.05) is 11.6 Å². The van der Waals surface area contributed by atoms with E-state index in [1.54, 1.807) is 0 Å². The van der Waals surface area contributed by atoms with Crippen LogP contribution in [0.15, 0.2) is 36.4 Å². The second kappa shape index (κ2) is 7.57. The molecular formula is C15H10ClF2N3O3. The molecule has 24 heavy (non-hydrogen) atoms. The summed E-state index contributed by atoms with van der Waals surface area (Å²) in [5, 5.41) is 23.0. The molecule has 0 aliphatic carbocycles. The largest absolute Gasteiger partial charge is 0.434 e. The van der Waals surface area contributed by atoms with E-state index in [0.717, 1.165) is 6.07 Å². The van der Waals surface area contributed by atoms with Gasteiger partial charge < -0.3 is 10.1 Å². The number of ether oxygens (including phenoxy) is 1. The molecule has 0 fully saturated rings. The van der Waals surface area contributed by atoms with Crippen molar-refractivity contribution in [1.82, 2.24) is 0 Å². The predicted octanol–water partition coefficient (Wildman–Crippen LogP) is 4.33. The van der Waals surface area contributed by atoms with Crippen LogP contribution in [0.5, 0.6) is 5.75 Å². The third-order valence-corrected chi connectivity index (χ3v) is 3.28. The first-order valence-electron chi connectivity index (χ1n) is 6.56. The van der Waals surface area contributed by atoms with Crippen LogP contribution < -0.4 is 10.1 Å². The van der Waals surface area contributed by atoms with Crippen molar-refractivity contribution in [3.63, 3.8) is 0 Å². The minimum absolute atomic E-state index is 0.0368. The van der Waals surface area contributed by atoms with Gasteiger partial charge in [0, 0.05) is 29.3 Å². The van der Waals surface area contributed by atoms with Gasteiger partial charge >= 0.3 is 6.61 Å². The van der Waals surface area contributed by atoms with Gasteiger partial charge in [0.15, 0.2) is 0 Å². The van der Waals surface area contributed by atoms with Crippen molar-refractivity contribution in [2.75, 3.05) is 5.32 Å². The molecule has 0 amide bonds. The smallest absolute Gasteiger partial charge is 0.387 e. The Labute approximate surface area is 140 Å². The summed E-state index contributed by atoms with van der Waals surface area (Å²) >= 11 is 5.85. The third kappa shape index (κ3) is 4.30. The zero-order chi connectivity index (χ0) is 17.7. The fourth-order valence-corrected chi connectivity index (χ4v) is 2.17. The molecule has 2 aromatic rings. The van der Waals surface area contributed by atoms with E-state index in [1.807, 2.05) is 6.07 Å². The second-order valence-electron chi connectivity index (χ2n) is 4.58. The molecular weight excluding hydrogens is 344 g/mol. The molecule has 2 rings (SSSR count). The highest BCUT2D eigenvalue weighted by Crippen LogP contribution is 2.27. The van der Waals surface area contributed by atoms with Crippen LogP contribution in [0.25, 0.3) is 0 Å². The number of benzene rings is 2. The molecule has 0 bridgehead atoms. The summed E-state index contributed by atoms with van der Waals surface area (Å²) in [6.45, 7) is -2.95. The Hall–Kier alpha value is -2.92. The number of nitriles is 1. The summed E-state index contributed by atoms with van der Waals surface area (Å²) in [5.41, 5.74) is 0.514. The number of nitrogens with one attached hydrogen (secondary N) is 1. The zero-order valence-electron chi connectivity index (χ0n) is 12.0. The van der Waals surface area contributed by atoms with Gasteiger partial charge in [-0.2, -0.15) is 14.0 Å². The average Bonchev–Trinajstić information content (AvgIpc) is 2.54. The first-order valence-corrected chi connectivity index (χ1v) is 6.94. The standard InChI is InChI=1S/C15H10ClF2N3O3/c16-11-1-4-14(24-15(17)18)10(5-11)8-20-13-3-2-12(21(22)23)6-9(13)7-19/h1-6,15,20H,8H2. The van der Waals surface area contributed by atoms with Crippen LogP contribution in [-0.4, -0.2) is 11.5 Å².